The number of carbonyl (C=O) groups is 8. The number of rotatable bonds is 7. The van der Waals surface area contributed by atoms with Crippen LogP contribution in [0.25, 0.3) is 0 Å². The van der Waals surface area contributed by atoms with Crippen LogP contribution in [0.15, 0.2) is 0 Å². The van der Waals surface area contributed by atoms with Crippen molar-refractivity contribution in [2.24, 2.45) is 0 Å². The number of carbonyl (C=O) groups excluding carboxylic acids is 6. The molecule has 0 radical (unpaired) electrons. The van der Waals surface area contributed by atoms with Crippen molar-refractivity contribution in [3.8, 4) is 0 Å². The molecule has 0 saturated heterocycles. The van der Waals surface area contributed by atoms with Crippen molar-refractivity contribution < 1.29 is 137 Å². The topological polar surface area (TPSA) is 267 Å². The van der Waals surface area contributed by atoms with Crippen LogP contribution in [0.2, 0.25) is 0 Å². The van der Waals surface area contributed by atoms with Crippen LogP contribution in [-0.4, -0.2) is 81.5 Å². The molecule has 18 nitrogen and oxygen atoms in total. The molecule has 0 amide bonds. The Morgan fingerprint density at radius 1 is 0.567 bits per heavy atom. The first-order valence-corrected chi connectivity index (χ1v) is 6.17. The Bertz CT molecular complexity index is 607. The second-order valence-electron chi connectivity index (χ2n) is 3.81. The van der Waals surface area contributed by atoms with E-state index in [0.717, 1.165) is 0 Å². The van der Waals surface area contributed by atoms with E-state index in [4.69, 9.17) is 10.2 Å². The van der Waals surface area contributed by atoms with Gasteiger partial charge in [0.05, 0.1) is 13.1 Å². The van der Waals surface area contributed by atoms with Gasteiger partial charge in [-0.2, -0.15) is 0 Å². The Kier molecular flexibility index (Phi) is 16.7. The molecule has 2 N–H and O–H groups in total. The second kappa shape index (κ2) is 15.5. The largest absolute Gasteiger partial charge is 1.00 e. The van der Waals surface area contributed by atoms with E-state index in [1.54, 1.807) is 0 Å². The molecule has 20 heteroatoms. The average molecular weight is 456 g/mol. The van der Waals surface area contributed by atoms with Crippen molar-refractivity contribution >= 4 is 47.8 Å². The molecule has 0 aliphatic carbocycles. The van der Waals surface area contributed by atoms with Gasteiger partial charge in [0, 0.05) is 10.5 Å². The van der Waals surface area contributed by atoms with Gasteiger partial charge in [0.15, 0.2) is 11.9 Å². The van der Waals surface area contributed by atoms with Gasteiger partial charge in [-0.15, -0.1) is 0 Å². The Hall–Kier alpha value is -2.32. The summed E-state index contributed by atoms with van der Waals surface area (Å²) in [5, 5.41) is 36.4. The molecule has 0 saturated carbocycles. The van der Waals surface area contributed by atoms with E-state index in [1.165, 1.54) is 0 Å². The zero-order chi connectivity index (χ0) is 22.0. The van der Waals surface area contributed by atoms with E-state index in [0.29, 0.717) is 0 Å². The normalized spacial score (nSPS) is 9.27. The number of carboxylic acid groups (broad SMARTS) is 4. The van der Waals surface area contributed by atoms with Crippen LogP contribution >= 0.6 is 0 Å². The summed E-state index contributed by atoms with van der Waals surface area (Å²) < 4.78 is 0. The maximum Gasteiger partial charge on any atom is 1.00 e. The molecular formula is C10H6N2Na2O16. The fourth-order valence-electron chi connectivity index (χ4n) is 0.906. The van der Waals surface area contributed by atoms with Crippen molar-refractivity contribution in [2.75, 3.05) is 13.1 Å². The summed E-state index contributed by atoms with van der Waals surface area (Å²) in [7, 11) is 0. The molecule has 0 aromatic carbocycles. The van der Waals surface area contributed by atoms with Crippen molar-refractivity contribution in [3.63, 3.8) is 0 Å². The van der Waals surface area contributed by atoms with Gasteiger partial charge in [0.2, 0.25) is 0 Å². The minimum absolute atomic E-state index is 0. The van der Waals surface area contributed by atoms with Crippen LogP contribution < -0.4 is 69.3 Å². The molecule has 0 spiro atoms. The average Bonchev–Trinajstić information content (AvgIpc) is 2.58. The van der Waals surface area contributed by atoms with Crippen molar-refractivity contribution in [1.82, 2.24) is 10.5 Å². The first kappa shape index (κ1) is 32.3. The molecular weight excluding hydrogens is 450 g/mol. The first-order valence-electron chi connectivity index (χ1n) is 6.17. The summed E-state index contributed by atoms with van der Waals surface area (Å²) in [6.45, 7) is -2.38. The number of carboxylic acids is 4. The van der Waals surface area contributed by atoms with E-state index >= 15 is 0 Å². The zero-order valence-corrected chi connectivity index (χ0v) is 18.9. The van der Waals surface area contributed by atoms with Gasteiger partial charge in [-0.1, -0.05) is 0 Å². The second-order valence-corrected chi connectivity index (χ2v) is 3.81. The maximum atomic E-state index is 10.9. The summed E-state index contributed by atoms with van der Waals surface area (Å²) in [5.74, 6) is -18.1. The van der Waals surface area contributed by atoms with Crippen molar-refractivity contribution in [2.45, 2.75) is 0 Å². The van der Waals surface area contributed by atoms with Crippen molar-refractivity contribution in [1.29, 1.82) is 0 Å². The van der Waals surface area contributed by atoms with E-state index < -0.39 is 71.3 Å². The molecule has 0 bridgehead atoms. The number of aliphatic carboxylic acids is 4. The van der Waals surface area contributed by atoms with Crippen LogP contribution in [0.4, 0.5) is 0 Å². The fraction of sp³-hybridized carbons (Fsp3) is 0.200. The van der Waals surface area contributed by atoms with Gasteiger partial charge in [-0.05, 0) is 0 Å². The van der Waals surface area contributed by atoms with Gasteiger partial charge < -0.3 is 49.4 Å². The van der Waals surface area contributed by atoms with E-state index in [2.05, 4.69) is 19.4 Å². The monoisotopic (exact) mass is 456 g/mol. The Labute approximate surface area is 207 Å². The smallest absolute Gasteiger partial charge is 0.539 e. The molecule has 0 aromatic rings. The molecule has 0 heterocycles. The van der Waals surface area contributed by atoms with Crippen LogP contribution in [-0.2, 0) is 57.7 Å². The van der Waals surface area contributed by atoms with Gasteiger partial charge in [-0.3, -0.25) is 0 Å². The van der Waals surface area contributed by atoms with Crippen molar-refractivity contribution in [3.05, 3.63) is 0 Å². The molecule has 0 aromatic heterocycles. The quantitative estimate of drug-likeness (QED) is 0.204. The number of hydrogen-bond acceptors (Lipinski definition) is 16. The Morgan fingerprint density at radius 2 is 0.800 bits per heavy atom. The molecule has 0 atom stereocenters. The van der Waals surface area contributed by atoms with Crippen LogP contribution in [0.1, 0.15) is 0 Å². The third-order valence-electron chi connectivity index (χ3n) is 1.89. The predicted molar refractivity (Wildman–Crippen MR) is 63.1 cm³/mol. The standard InChI is InChI=1S/C10H8N2O16.2Na/c13-3(14)7(21)25-11(26-8(22)4(15)16)1-2-12(27-9(23)5(17)18)28-10(24)6(19)20;;/h1-2H2,(H,13,14)(H,15,16)(H,17,18)(H,19,20);;/q;2*+1/p-2. The fourth-order valence-corrected chi connectivity index (χ4v) is 0.906. The summed E-state index contributed by atoms with van der Waals surface area (Å²) in [6.07, 6.45) is 0. The van der Waals surface area contributed by atoms with Crippen LogP contribution in [0.3, 0.4) is 0 Å². The molecule has 0 fully saturated rings. The molecule has 154 valence electrons. The third kappa shape index (κ3) is 13.0. The molecule has 0 rings (SSSR count). The number of hydroxylamine groups is 4. The zero-order valence-electron chi connectivity index (χ0n) is 14.9. The van der Waals surface area contributed by atoms with Gasteiger partial charge in [0.1, 0.15) is 0 Å². The van der Waals surface area contributed by atoms with Gasteiger partial charge in [0.25, 0.3) is 0 Å². The Balaban J connectivity index is -0.00000364. The summed E-state index contributed by atoms with van der Waals surface area (Å²) in [6, 6.07) is 0. The molecule has 30 heavy (non-hydrogen) atoms. The summed E-state index contributed by atoms with van der Waals surface area (Å²) >= 11 is 0. The molecule has 0 aliphatic heterocycles. The Morgan fingerprint density at radius 3 is 1.00 bits per heavy atom. The van der Waals surface area contributed by atoms with E-state index in [1.807, 2.05) is 0 Å². The minimum atomic E-state index is -2.49. The minimum Gasteiger partial charge on any atom is -0.539 e. The van der Waals surface area contributed by atoms with Crippen LogP contribution in [0.5, 0.6) is 0 Å². The van der Waals surface area contributed by atoms with Crippen LogP contribution in [0, 0.1) is 0 Å². The first-order chi connectivity index (χ1) is 12.8. The van der Waals surface area contributed by atoms with E-state index in [9.17, 15) is 48.6 Å². The number of hydrogen-bond donors (Lipinski definition) is 2. The summed E-state index contributed by atoms with van der Waals surface area (Å²) in [5.41, 5.74) is 0. The SMILES string of the molecule is O=C([O-])C(=O)ON(CCN(OC(=O)C(=O)O)OC(=O)C(=O)O)OC(=O)C(=O)[O-].[Na+].[Na+]. The number of nitrogens with zero attached hydrogens (tertiary/aromatic N) is 2. The third-order valence-corrected chi connectivity index (χ3v) is 1.89. The molecule has 0 unspecified atom stereocenters. The molecule has 0 aliphatic rings. The predicted octanol–water partition coefficient (Wildman–Crippen LogP) is -12.9. The van der Waals surface area contributed by atoms with Gasteiger partial charge in [-0.25, -0.2) is 28.8 Å². The van der Waals surface area contributed by atoms with Gasteiger partial charge >= 0.3 is 94.9 Å². The summed E-state index contributed by atoms with van der Waals surface area (Å²) in [4.78, 5) is 100. The maximum absolute atomic E-state index is 10.9. The van der Waals surface area contributed by atoms with E-state index in [-0.39, 0.29) is 59.1 Å².